The summed E-state index contributed by atoms with van der Waals surface area (Å²) in [4.78, 5) is 2.41. The van der Waals surface area contributed by atoms with Crippen LogP contribution in [0.4, 0.5) is 5.69 Å². The van der Waals surface area contributed by atoms with E-state index in [4.69, 9.17) is 28.9 Å². The van der Waals surface area contributed by atoms with Crippen molar-refractivity contribution in [3.8, 4) is 0 Å². The predicted octanol–water partition coefficient (Wildman–Crippen LogP) is 4.44. The Labute approximate surface area is 120 Å². The highest BCUT2D eigenvalue weighted by molar-refractivity contribution is 6.38. The number of nitrogens with two attached hydrogens (primary N) is 1. The minimum absolute atomic E-state index is 0.460. The molecule has 0 spiro atoms. The molecule has 0 aliphatic carbocycles. The van der Waals surface area contributed by atoms with Gasteiger partial charge < -0.3 is 5.73 Å². The van der Waals surface area contributed by atoms with Gasteiger partial charge in [-0.1, -0.05) is 37.0 Å². The van der Waals surface area contributed by atoms with Crippen molar-refractivity contribution in [2.75, 3.05) is 12.3 Å². The van der Waals surface area contributed by atoms with Crippen LogP contribution in [0.1, 0.15) is 33.3 Å². The van der Waals surface area contributed by atoms with E-state index in [1.165, 1.54) is 0 Å². The first-order chi connectivity index (χ1) is 8.31. The smallest absolute Gasteiger partial charge is 0.0693 e. The third kappa shape index (κ3) is 4.34. The minimum atomic E-state index is 0.460. The van der Waals surface area contributed by atoms with Crippen LogP contribution in [-0.2, 0) is 6.54 Å². The van der Waals surface area contributed by atoms with Gasteiger partial charge in [-0.25, -0.2) is 0 Å². The molecule has 0 aliphatic heterocycles. The lowest BCUT2D eigenvalue weighted by Crippen LogP contribution is -2.33. The zero-order chi connectivity index (χ0) is 13.9. The van der Waals surface area contributed by atoms with Crippen LogP contribution in [-0.4, -0.2) is 17.5 Å². The first-order valence-electron chi connectivity index (χ1n) is 6.28. The zero-order valence-corrected chi connectivity index (χ0v) is 13.0. The third-order valence-corrected chi connectivity index (χ3v) is 3.48. The van der Waals surface area contributed by atoms with Crippen LogP contribution in [0.5, 0.6) is 0 Å². The quantitative estimate of drug-likeness (QED) is 0.812. The van der Waals surface area contributed by atoms with Crippen LogP contribution >= 0.6 is 23.2 Å². The van der Waals surface area contributed by atoms with Gasteiger partial charge in [-0.2, -0.15) is 0 Å². The summed E-state index contributed by atoms with van der Waals surface area (Å²) in [5.41, 5.74) is 7.31. The first kappa shape index (κ1) is 15.6. The van der Waals surface area contributed by atoms with Gasteiger partial charge in [-0.3, -0.25) is 4.90 Å². The van der Waals surface area contributed by atoms with E-state index in [1.807, 2.05) is 12.1 Å². The summed E-state index contributed by atoms with van der Waals surface area (Å²) >= 11 is 12.1. The molecule has 2 N–H and O–H groups in total. The lowest BCUT2D eigenvalue weighted by molar-refractivity contribution is 0.189. The molecule has 1 rings (SSSR count). The Morgan fingerprint density at radius 1 is 1.11 bits per heavy atom. The predicted molar refractivity (Wildman–Crippen MR) is 81.3 cm³/mol. The summed E-state index contributed by atoms with van der Waals surface area (Å²) in [5, 5.41) is 1.07. The van der Waals surface area contributed by atoms with E-state index in [-0.39, 0.29) is 0 Å². The Morgan fingerprint density at radius 3 is 2.00 bits per heavy atom. The Bertz CT molecular complexity index is 380. The second kappa shape index (κ2) is 6.65. The van der Waals surface area contributed by atoms with Gasteiger partial charge in [0.2, 0.25) is 0 Å². The number of nitrogens with zero attached hydrogens (tertiary/aromatic N) is 1. The molecule has 0 aliphatic rings. The Balaban J connectivity index is 2.87. The number of rotatable bonds is 5. The van der Waals surface area contributed by atoms with Gasteiger partial charge in [0.15, 0.2) is 0 Å². The third-order valence-electron chi connectivity index (χ3n) is 2.85. The maximum Gasteiger partial charge on any atom is 0.0693 e. The molecule has 0 atom stereocenters. The normalized spacial score (nSPS) is 11.8. The van der Waals surface area contributed by atoms with Crippen LogP contribution in [0.15, 0.2) is 12.1 Å². The Kier molecular flexibility index (Phi) is 5.77. The zero-order valence-electron chi connectivity index (χ0n) is 11.5. The molecule has 1 aromatic carbocycles. The van der Waals surface area contributed by atoms with Crippen LogP contribution in [0, 0.1) is 5.92 Å². The standard InChI is InChI=1S/C14H22Cl2N2/c1-9(2)7-18(10(3)4)8-11-5-12(15)14(17)13(16)6-11/h5-6,9-10H,7-8,17H2,1-4H3. The van der Waals surface area contributed by atoms with Crippen molar-refractivity contribution in [2.45, 2.75) is 40.3 Å². The SMILES string of the molecule is CC(C)CN(Cc1cc(Cl)c(N)c(Cl)c1)C(C)C. The van der Waals surface area contributed by atoms with Crippen LogP contribution in [0.3, 0.4) is 0 Å². The molecule has 2 nitrogen and oxygen atoms in total. The maximum absolute atomic E-state index is 6.06. The van der Waals surface area contributed by atoms with Gasteiger partial charge in [0, 0.05) is 19.1 Å². The van der Waals surface area contributed by atoms with Crippen molar-refractivity contribution >= 4 is 28.9 Å². The van der Waals surface area contributed by atoms with Crippen molar-refractivity contribution in [1.29, 1.82) is 0 Å². The van der Waals surface area contributed by atoms with Crippen LogP contribution in [0.2, 0.25) is 10.0 Å². The maximum atomic E-state index is 6.06. The number of nitrogen functional groups attached to an aromatic ring is 1. The molecular formula is C14H22Cl2N2. The number of hydrogen-bond acceptors (Lipinski definition) is 2. The number of benzene rings is 1. The fourth-order valence-electron chi connectivity index (χ4n) is 1.89. The summed E-state index contributed by atoms with van der Waals surface area (Å²) in [6.07, 6.45) is 0. The Morgan fingerprint density at radius 2 is 1.61 bits per heavy atom. The average molecular weight is 289 g/mol. The number of hydrogen-bond donors (Lipinski definition) is 1. The fourth-order valence-corrected chi connectivity index (χ4v) is 2.42. The van der Waals surface area contributed by atoms with Gasteiger partial charge >= 0.3 is 0 Å². The average Bonchev–Trinajstić information content (AvgIpc) is 2.24. The van der Waals surface area contributed by atoms with E-state index in [9.17, 15) is 0 Å². The summed E-state index contributed by atoms with van der Waals surface area (Å²) in [5.74, 6) is 0.632. The highest BCUT2D eigenvalue weighted by Crippen LogP contribution is 2.29. The van der Waals surface area contributed by atoms with E-state index < -0.39 is 0 Å². The van der Waals surface area contributed by atoms with Gasteiger partial charge in [-0.15, -0.1) is 0 Å². The lowest BCUT2D eigenvalue weighted by atomic mass is 10.1. The number of anilines is 1. The first-order valence-corrected chi connectivity index (χ1v) is 7.04. The van der Waals surface area contributed by atoms with Gasteiger partial charge in [-0.05, 0) is 37.5 Å². The summed E-state index contributed by atoms with van der Waals surface area (Å²) in [6.45, 7) is 10.7. The molecule has 0 fully saturated rings. The second-order valence-corrected chi connectivity index (χ2v) is 6.20. The molecule has 0 saturated carbocycles. The topological polar surface area (TPSA) is 29.3 Å². The molecule has 18 heavy (non-hydrogen) atoms. The monoisotopic (exact) mass is 288 g/mol. The largest absolute Gasteiger partial charge is 0.396 e. The van der Waals surface area contributed by atoms with E-state index in [0.29, 0.717) is 27.7 Å². The van der Waals surface area contributed by atoms with Crippen LogP contribution in [0.25, 0.3) is 0 Å². The lowest BCUT2D eigenvalue weighted by Gasteiger charge is -2.28. The summed E-state index contributed by atoms with van der Waals surface area (Å²) in [7, 11) is 0. The van der Waals surface area contributed by atoms with Crippen LogP contribution < -0.4 is 5.73 Å². The molecule has 0 heterocycles. The molecule has 1 aromatic rings. The molecular weight excluding hydrogens is 267 g/mol. The van der Waals surface area contributed by atoms with Gasteiger partial charge in [0.05, 0.1) is 15.7 Å². The fraction of sp³-hybridized carbons (Fsp3) is 0.571. The molecule has 0 amide bonds. The molecule has 102 valence electrons. The van der Waals surface area contributed by atoms with Gasteiger partial charge in [0.25, 0.3) is 0 Å². The summed E-state index contributed by atoms with van der Waals surface area (Å²) < 4.78 is 0. The van der Waals surface area contributed by atoms with Crippen molar-refractivity contribution < 1.29 is 0 Å². The highest BCUT2D eigenvalue weighted by atomic mass is 35.5. The van der Waals surface area contributed by atoms with E-state index in [2.05, 4.69) is 32.6 Å². The van der Waals surface area contributed by atoms with Crippen molar-refractivity contribution in [2.24, 2.45) is 5.92 Å². The number of halogens is 2. The second-order valence-electron chi connectivity index (χ2n) is 5.39. The van der Waals surface area contributed by atoms with E-state index >= 15 is 0 Å². The van der Waals surface area contributed by atoms with Crippen molar-refractivity contribution in [3.63, 3.8) is 0 Å². The molecule has 0 bridgehead atoms. The van der Waals surface area contributed by atoms with Gasteiger partial charge in [0.1, 0.15) is 0 Å². The highest BCUT2D eigenvalue weighted by Gasteiger charge is 2.13. The minimum Gasteiger partial charge on any atom is -0.396 e. The molecule has 4 heteroatoms. The molecule has 0 unspecified atom stereocenters. The molecule has 0 saturated heterocycles. The van der Waals surface area contributed by atoms with E-state index in [0.717, 1.165) is 18.7 Å². The van der Waals surface area contributed by atoms with Crippen molar-refractivity contribution in [1.82, 2.24) is 4.90 Å². The Hall–Kier alpha value is -0.440. The van der Waals surface area contributed by atoms with Crippen molar-refractivity contribution in [3.05, 3.63) is 27.7 Å². The molecule has 0 radical (unpaired) electrons. The van der Waals surface area contributed by atoms with E-state index in [1.54, 1.807) is 0 Å². The summed E-state index contributed by atoms with van der Waals surface area (Å²) in [6, 6.07) is 4.29. The molecule has 0 aromatic heterocycles.